The Morgan fingerprint density at radius 1 is 1.35 bits per heavy atom. The molecule has 0 aliphatic heterocycles. The summed E-state index contributed by atoms with van der Waals surface area (Å²) in [6.07, 6.45) is 6.66. The fourth-order valence-corrected chi connectivity index (χ4v) is 3.26. The Kier molecular flexibility index (Phi) is 4.32. The number of hydrogen-bond acceptors (Lipinski definition) is 3. The van der Waals surface area contributed by atoms with E-state index in [-0.39, 0.29) is 24.3 Å². The van der Waals surface area contributed by atoms with Crippen LogP contribution in [-0.2, 0) is 16.0 Å². The van der Waals surface area contributed by atoms with Gasteiger partial charge in [-0.3, -0.25) is 9.59 Å². The second-order valence-electron chi connectivity index (χ2n) is 6.27. The number of hydrogen-bond donors (Lipinski definition) is 2. The lowest BCUT2D eigenvalue weighted by atomic mass is 9.86. The third-order valence-electron chi connectivity index (χ3n) is 4.59. The van der Waals surface area contributed by atoms with Crippen LogP contribution in [0.4, 0.5) is 0 Å². The van der Waals surface area contributed by atoms with Crippen molar-refractivity contribution in [1.29, 1.82) is 0 Å². The Morgan fingerprint density at radius 2 is 2.09 bits per heavy atom. The summed E-state index contributed by atoms with van der Waals surface area (Å²) in [5, 5.41) is 12.0. The number of pyridine rings is 1. The maximum absolute atomic E-state index is 12.3. The van der Waals surface area contributed by atoms with E-state index >= 15 is 0 Å². The van der Waals surface area contributed by atoms with Crippen molar-refractivity contribution in [2.24, 2.45) is 5.92 Å². The molecule has 2 aromatic heterocycles. The molecule has 0 unspecified atom stereocenters. The molecule has 2 aromatic rings. The van der Waals surface area contributed by atoms with Gasteiger partial charge in [0.2, 0.25) is 5.91 Å². The summed E-state index contributed by atoms with van der Waals surface area (Å²) in [4.78, 5) is 27.6. The fourth-order valence-electron chi connectivity index (χ4n) is 3.26. The number of aryl methyl sites for hydroxylation is 1. The molecule has 0 atom stereocenters. The molecule has 2 heterocycles. The minimum atomic E-state index is -0.726. The van der Waals surface area contributed by atoms with E-state index in [1.54, 1.807) is 6.20 Å². The zero-order chi connectivity index (χ0) is 16.4. The average Bonchev–Trinajstić information content (AvgIpc) is 2.92. The summed E-state index contributed by atoms with van der Waals surface area (Å²) < 4.78 is 1.94. The van der Waals surface area contributed by atoms with Gasteiger partial charge in [-0.2, -0.15) is 0 Å². The van der Waals surface area contributed by atoms with Crippen LogP contribution in [0.15, 0.2) is 24.5 Å². The van der Waals surface area contributed by atoms with Crippen molar-refractivity contribution in [3.8, 4) is 0 Å². The van der Waals surface area contributed by atoms with Crippen LogP contribution in [0, 0.1) is 12.8 Å². The Morgan fingerprint density at radius 3 is 2.78 bits per heavy atom. The maximum atomic E-state index is 12.3. The lowest BCUT2D eigenvalue weighted by molar-refractivity contribution is -0.142. The highest BCUT2D eigenvalue weighted by Crippen LogP contribution is 2.24. The number of aromatic nitrogens is 2. The van der Waals surface area contributed by atoms with Gasteiger partial charge in [-0.25, -0.2) is 4.98 Å². The van der Waals surface area contributed by atoms with Gasteiger partial charge in [-0.15, -0.1) is 0 Å². The van der Waals surface area contributed by atoms with E-state index in [1.165, 1.54) is 0 Å². The molecule has 0 saturated heterocycles. The number of carbonyl (C=O) groups is 2. The predicted molar refractivity (Wildman–Crippen MR) is 85.2 cm³/mol. The number of carbonyl (C=O) groups excluding carboxylic acids is 1. The summed E-state index contributed by atoms with van der Waals surface area (Å²) in [5.74, 6) is -1.02. The van der Waals surface area contributed by atoms with Gasteiger partial charge in [0.15, 0.2) is 0 Å². The number of fused-ring (bicyclic) bond motifs is 1. The van der Waals surface area contributed by atoms with Crippen molar-refractivity contribution in [1.82, 2.24) is 14.7 Å². The first kappa shape index (κ1) is 15.5. The van der Waals surface area contributed by atoms with Crippen molar-refractivity contribution in [3.05, 3.63) is 35.8 Å². The van der Waals surface area contributed by atoms with Gasteiger partial charge < -0.3 is 14.8 Å². The number of imidazole rings is 1. The van der Waals surface area contributed by atoms with E-state index in [1.807, 2.05) is 29.7 Å². The number of nitrogens with zero attached hydrogens (tertiary/aromatic N) is 2. The highest BCUT2D eigenvalue weighted by atomic mass is 16.4. The fraction of sp³-hybridized carbons (Fsp3) is 0.471. The molecule has 1 aliphatic carbocycles. The molecule has 6 heteroatoms. The molecule has 0 radical (unpaired) electrons. The summed E-state index contributed by atoms with van der Waals surface area (Å²) >= 11 is 0. The van der Waals surface area contributed by atoms with E-state index in [9.17, 15) is 9.59 Å². The Balaban J connectivity index is 1.59. The predicted octanol–water partition coefficient (Wildman–Crippen LogP) is 1.94. The summed E-state index contributed by atoms with van der Waals surface area (Å²) in [6, 6.07) is 4.02. The molecule has 1 aliphatic rings. The molecule has 23 heavy (non-hydrogen) atoms. The third-order valence-corrected chi connectivity index (χ3v) is 4.59. The maximum Gasteiger partial charge on any atom is 0.306 e. The molecule has 6 nitrogen and oxygen atoms in total. The number of aliphatic carboxylic acids is 1. The van der Waals surface area contributed by atoms with Crippen LogP contribution in [0.2, 0.25) is 0 Å². The van der Waals surface area contributed by atoms with Crippen molar-refractivity contribution in [2.75, 3.05) is 0 Å². The third kappa shape index (κ3) is 3.36. The number of carboxylic acids is 1. The molecule has 2 N–H and O–H groups in total. The van der Waals surface area contributed by atoms with Crippen molar-refractivity contribution in [2.45, 2.75) is 45.1 Å². The van der Waals surface area contributed by atoms with Crippen LogP contribution >= 0.6 is 0 Å². The van der Waals surface area contributed by atoms with Crippen molar-refractivity contribution >= 4 is 17.5 Å². The Labute approximate surface area is 134 Å². The molecule has 0 bridgehead atoms. The molecule has 0 aromatic carbocycles. The summed E-state index contributed by atoms with van der Waals surface area (Å²) in [7, 11) is 0. The largest absolute Gasteiger partial charge is 0.481 e. The number of rotatable bonds is 4. The van der Waals surface area contributed by atoms with E-state index in [0.29, 0.717) is 12.8 Å². The first-order chi connectivity index (χ1) is 11.0. The van der Waals surface area contributed by atoms with Crippen LogP contribution in [0.3, 0.4) is 0 Å². The Hall–Kier alpha value is -2.37. The first-order valence-corrected chi connectivity index (χ1v) is 7.98. The SMILES string of the molecule is Cc1cccn2c(CC(=O)NC3CCC(C(=O)O)CC3)cnc12. The van der Waals surface area contributed by atoms with Gasteiger partial charge in [0.25, 0.3) is 0 Å². The zero-order valence-corrected chi connectivity index (χ0v) is 13.2. The van der Waals surface area contributed by atoms with Gasteiger partial charge in [0, 0.05) is 18.4 Å². The molecular weight excluding hydrogens is 294 g/mol. The molecule has 1 amide bonds. The van der Waals surface area contributed by atoms with Crippen LogP contribution in [0.5, 0.6) is 0 Å². The van der Waals surface area contributed by atoms with Gasteiger partial charge in [0.05, 0.1) is 18.0 Å². The number of carboxylic acid groups (broad SMARTS) is 1. The second-order valence-corrected chi connectivity index (χ2v) is 6.27. The zero-order valence-electron chi connectivity index (χ0n) is 13.2. The van der Waals surface area contributed by atoms with Gasteiger partial charge in [0.1, 0.15) is 5.65 Å². The van der Waals surface area contributed by atoms with Gasteiger partial charge in [-0.1, -0.05) is 6.07 Å². The van der Waals surface area contributed by atoms with E-state index in [4.69, 9.17) is 5.11 Å². The quantitative estimate of drug-likeness (QED) is 0.903. The summed E-state index contributed by atoms with van der Waals surface area (Å²) in [6.45, 7) is 1.99. The highest BCUT2D eigenvalue weighted by molar-refractivity contribution is 5.79. The molecule has 3 rings (SSSR count). The topological polar surface area (TPSA) is 83.7 Å². The van der Waals surface area contributed by atoms with Crippen molar-refractivity contribution in [3.63, 3.8) is 0 Å². The monoisotopic (exact) mass is 315 g/mol. The van der Waals surface area contributed by atoms with Crippen molar-refractivity contribution < 1.29 is 14.7 Å². The first-order valence-electron chi connectivity index (χ1n) is 7.98. The second kappa shape index (κ2) is 6.40. The van der Waals surface area contributed by atoms with Crippen LogP contribution < -0.4 is 5.32 Å². The van der Waals surface area contributed by atoms with Gasteiger partial charge >= 0.3 is 5.97 Å². The molecule has 1 saturated carbocycles. The molecule has 122 valence electrons. The van der Waals surface area contributed by atoms with Crippen LogP contribution in [0.25, 0.3) is 5.65 Å². The standard InChI is InChI=1S/C17H21N3O3/c1-11-3-2-8-20-14(10-18-16(11)20)9-15(21)19-13-6-4-12(5-7-13)17(22)23/h2-3,8,10,12-13H,4-7,9H2,1H3,(H,19,21)(H,22,23). The minimum Gasteiger partial charge on any atom is -0.481 e. The Bertz CT molecular complexity index is 730. The average molecular weight is 315 g/mol. The van der Waals surface area contributed by atoms with E-state index < -0.39 is 5.97 Å². The van der Waals surface area contributed by atoms with Crippen LogP contribution in [0.1, 0.15) is 36.9 Å². The number of nitrogens with one attached hydrogen (secondary N) is 1. The molecule has 1 fully saturated rings. The normalized spacial score (nSPS) is 21.3. The summed E-state index contributed by atoms with van der Waals surface area (Å²) in [5.41, 5.74) is 2.81. The van der Waals surface area contributed by atoms with E-state index in [0.717, 1.165) is 29.7 Å². The van der Waals surface area contributed by atoms with Crippen LogP contribution in [-0.4, -0.2) is 32.4 Å². The highest BCUT2D eigenvalue weighted by Gasteiger charge is 2.26. The smallest absolute Gasteiger partial charge is 0.306 e. The minimum absolute atomic E-state index is 0.0351. The lowest BCUT2D eigenvalue weighted by Crippen LogP contribution is -2.39. The van der Waals surface area contributed by atoms with E-state index in [2.05, 4.69) is 10.3 Å². The molecular formula is C17H21N3O3. The van der Waals surface area contributed by atoms with Gasteiger partial charge in [-0.05, 0) is 44.2 Å². The lowest BCUT2D eigenvalue weighted by Gasteiger charge is -2.26. The number of amides is 1. The molecule has 0 spiro atoms.